The molecule has 1 aliphatic heterocycles. The maximum Gasteiger partial charge on any atom is 0.228 e. The van der Waals surface area contributed by atoms with Crippen LogP contribution in [0.1, 0.15) is 36.0 Å². The van der Waals surface area contributed by atoms with E-state index in [0.29, 0.717) is 32.1 Å². The lowest BCUT2D eigenvalue weighted by atomic mass is 10.1. The second-order valence-electron chi connectivity index (χ2n) is 7.71. The number of pyridine rings is 1. The molecular weight excluding hydrogens is 338 g/mol. The average molecular weight is 363 g/mol. The Morgan fingerprint density at radius 3 is 2.48 bits per heavy atom. The van der Waals surface area contributed by atoms with Crippen LogP contribution in [-0.4, -0.2) is 39.2 Å². The van der Waals surface area contributed by atoms with Crippen LogP contribution in [0, 0.1) is 12.8 Å². The van der Waals surface area contributed by atoms with Crippen LogP contribution in [0.4, 0.5) is 0 Å². The summed E-state index contributed by atoms with van der Waals surface area (Å²) in [6, 6.07) is 12.4. The molecule has 1 aromatic heterocycles. The Labute approximate surface area is 160 Å². The van der Waals surface area contributed by atoms with Gasteiger partial charge < -0.3 is 9.80 Å². The maximum absolute atomic E-state index is 13.2. The van der Waals surface area contributed by atoms with Gasteiger partial charge in [-0.05, 0) is 43.0 Å². The quantitative estimate of drug-likeness (QED) is 0.793. The van der Waals surface area contributed by atoms with Crippen molar-refractivity contribution in [3.05, 3.63) is 65.5 Å². The average Bonchev–Trinajstić information content (AvgIpc) is 3.46. The van der Waals surface area contributed by atoms with Crippen molar-refractivity contribution < 1.29 is 9.59 Å². The minimum Gasteiger partial charge on any atom is -0.338 e. The number of carbonyl (C=O) groups is 2. The molecule has 5 heteroatoms. The Balaban J connectivity index is 1.42. The van der Waals surface area contributed by atoms with E-state index in [-0.39, 0.29) is 17.7 Å². The molecule has 1 aromatic carbocycles. The van der Waals surface area contributed by atoms with Crippen molar-refractivity contribution in [3.63, 3.8) is 0 Å². The van der Waals surface area contributed by atoms with E-state index in [4.69, 9.17) is 0 Å². The van der Waals surface area contributed by atoms with Crippen LogP contribution >= 0.6 is 0 Å². The van der Waals surface area contributed by atoms with Crippen LogP contribution in [0.3, 0.4) is 0 Å². The highest BCUT2D eigenvalue weighted by atomic mass is 16.2. The number of likely N-dealkylation sites (tertiary alicyclic amines) is 1. The number of nitrogens with zero attached hydrogens (tertiary/aromatic N) is 3. The van der Waals surface area contributed by atoms with Gasteiger partial charge in [0.05, 0.1) is 5.92 Å². The molecular formula is C22H25N3O2. The van der Waals surface area contributed by atoms with Crippen LogP contribution < -0.4 is 0 Å². The first-order valence-corrected chi connectivity index (χ1v) is 9.63. The van der Waals surface area contributed by atoms with Gasteiger partial charge in [-0.2, -0.15) is 0 Å². The fourth-order valence-electron chi connectivity index (χ4n) is 3.70. The van der Waals surface area contributed by atoms with Crippen molar-refractivity contribution in [2.75, 3.05) is 6.54 Å². The number of hydrogen-bond donors (Lipinski definition) is 0. The van der Waals surface area contributed by atoms with E-state index < -0.39 is 0 Å². The van der Waals surface area contributed by atoms with Crippen molar-refractivity contribution in [1.82, 2.24) is 14.8 Å². The summed E-state index contributed by atoms with van der Waals surface area (Å²) in [7, 11) is 0. The summed E-state index contributed by atoms with van der Waals surface area (Å²) in [4.78, 5) is 33.5. The standard InChI is InChI=1S/C22H25N3O2/c1-16-2-4-17(5-3-16)13-24-15-19(12-21(24)26)22(27)25(20-6-7-20)14-18-8-10-23-11-9-18/h2-5,8-11,19-20H,6-7,12-15H2,1H3. The van der Waals surface area contributed by atoms with Gasteiger partial charge in [-0.1, -0.05) is 29.8 Å². The Morgan fingerprint density at radius 1 is 1.11 bits per heavy atom. The van der Waals surface area contributed by atoms with Crippen LogP contribution in [-0.2, 0) is 22.7 Å². The zero-order chi connectivity index (χ0) is 18.8. The molecule has 2 heterocycles. The van der Waals surface area contributed by atoms with Crippen LogP contribution in [0.15, 0.2) is 48.8 Å². The molecule has 1 saturated heterocycles. The zero-order valence-electron chi connectivity index (χ0n) is 15.7. The van der Waals surface area contributed by atoms with Crippen molar-refractivity contribution in [1.29, 1.82) is 0 Å². The van der Waals surface area contributed by atoms with E-state index in [1.807, 2.05) is 21.9 Å². The monoisotopic (exact) mass is 363 g/mol. The van der Waals surface area contributed by atoms with Gasteiger partial charge in [-0.3, -0.25) is 14.6 Å². The summed E-state index contributed by atoms with van der Waals surface area (Å²) in [5.41, 5.74) is 3.40. The molecule has 2 aromatic rings. The minimum atomic E-state index is -0.231. The van der Waals surface area contributed by atoms with Gasteiger partial charge >= 0.3 is 0 Å². The highest BCUT2D eigenvalue weighted by Gasteiger charge is 2.40. The van der Waals surface area contributed by atoms with E-state index >= 15 is 0 Å². The molecule has 1 aliphatic carbocycles. The summed E-state index contributed by atoms with van der Waals surface area (Å²) in [6.07, 6.45) is 5.96. The van der Waals surface area contributed by atoms with Crippen LogP contribution in [0.5, 0.6) is 0 Å². The number of amides is 2. The molecule has 1 atom stereocenters. The zero-order valence-corrected chi connectivity index (χ0v) is 15.7. The number of rotatable bonds is 6. The van der Waals surface area contributed by atoms with Crippen molar-refractivity contribution >= 4 is 11.8 Å². The Morgan fingerprint density at radius 2 is 1.81 bits per heavy atom. The molecule has 0 bridgehead atoms. The summed E-state index contributed by atoms with van der Waals surface area (Å²) < 4.78 is 0. The molecule has 2 amide bonds. The molecule has 1 saturated carbocycles. The predicted molar refractivity (Wildman–Crippen MR) is 103 cm³/mol. The molecule has 0 N–H and O–H groups in total. The van der Waals surface area contributed by atoms with Gasteiger partial charge in [0.15, 0.2) is 0 Å². The van der Waals surface area contributed by atoms with Gasteiger partial charge in [0.2, 0.25) is 11.8 Å². The lowest BCUT2D eigenvalue weighted by Gasteiger charge is -2.25. The van der Waals surface area contributed by atoms with Gasteiger partial charge in [0, 0.05) is 44.5 Å². The summed E-state index contributed by atoms with van der Waals surface area (Å²) in [5, 5.41) is 0. The molecule has 2 fully saturated rings. The molecule has 1 unspecified atom stereocenters. The fraction of sp³-hybridized carbons (Fsp3) is 0.409. The van der Waals surface area contributed by atoms with Crippen molar-refractivity contribution in [2.24, 2.45) is 5.92 Å². The number of hydrogen-bond acceptors (Lipinski definition) is 3. The van der Waals surface area contributed by atoms with E-state index in [1.54, 1.807) is 12.4 Å². The molecule has 0 spiro atoms. The number of aromatic nitrogens is 1. The Hall–Kier alpha value is -2.69. The fourth-order valence-corrected chi connectivity index (χ4v) is 3.70. The molecule has 0 radical (unpaired) electrons. The molecule has 27 heavy (non-hydrogen) atoms. The Bertz CT molecular complexity index is 815. The molecule has 2 aliphatic rings. The van der Waals surface area contributed by atoms with Gasteiger partial charge in [-0.15, -0.1) is 0 Å². The Kier molecular flexibility index (Phi) is 4.92. The highest BCUT2D eigenvalue weighted by Crippen LogP contribution is 2.32. The summed E-state index contributed by atoms with van der Waals surface area (Å²) in [6.45, 7) is 3.76. The first-order chi connectivity index (χ1) is 13.1. The molecule has 140 valence electrons. The minimum absolute atomic E-state index is 0.0774. The number of carbonyl (C=O) groups excluding carboxylic acids is 2. The van der Waals surface area contributed by atoms with E-state index in [0.717, 1.165) is 24.0 Å². The van der Waals surface area contributed by atoms with Crippen molar-refractivity contribution in [3.8, 4) is 0 Å². The third kappa shape index (κ3) is 4.18. The first kappa shape index (κ1) is 17.7. The summed E-state index contributed by atoms with van der Waals surface area (Å²) >= 11 is 0. The first-order valence-electron chi connectivity index (χ1n) is 9.63. The van der Waals surface area contributed by atoms with E-state index in [2.05, 4.69) is 36.2 Å². The lowest BCUT2D eigenvalue weighted by Crippen LogP contribution is -2.38. The van der Waals surface area contributed by atoms with Crippen LogP contribution in [0.2, 0.25) is 0 Å². The van der Waals surface area contributed by atoms with Gasteiger partial charge in [-0.25, -0.2) is 0 Å². The summed E-state index contributed by atoms with van der Waals surface area (Å²) in [5.74, 6) is -0.0342. The lowest BCUT2D eigenvalue weighted by molar-refractivity contribution is -0.137. The third-order valence-electron chi connectivity index (χ3n) is 5.43. The predicted octanol–water partition coefficient (Wildman–Crippen LogP) is 2.93. The van der Waals surface area contributed by atoms with E-state index in [1.165, 1.54) is 5.56 Å². The number of benzene rings is 1. The second kappa shape index (κ2) is 7.51. The third-order valence-corrected chi connectivity index (χ3v) is 5.43. The number of aryl methyl sites for hydroxylation is 1. The SMILES string of the molecule is Cc1ccc(CN2CC(C(=O)N(Cc3ccncc3)C3CC3)CC2=O)cc1. The van der Waals surface area contributed by atoms with Gasteiger partial charge in [0.1, 0.15) is 0 Å². The topological polar surface area (TPSA) is 53.5 Å². The smallest absolute Gasteiger partial charge is 0.228 e. The normalized spacial score (nSPS) is 19.4. The van der Waals surface area contributed by atoms with Gasteiger partial charge in [0.25, 0.3) is 0 Å². The second-order valence-corrected chi connectivity index (χ2v) is 7.71. The van der Waals surface area contributed by atoms with E-state index in [9.17, 15) is 9.59 Å². The largest absolute Gasteiger partial charge is 0.338 e. The van der Waals surface area contributed by atoms with Crippen molar-refractivity contribution in [2.45, 2.75) is 45.3 Å². The highest BCUT2D eigenvalue weighted by molar-refractivity contribution is 5.89. The van der Waals surface area contributed by atoms with Crippen LogP contribution in [0.25, 0.3) is 0 Å². The molecule has 4 rings (SSSR count). The maximum atomic E-state index is 13.2. The molecule has 5 nitrogen and oxygen atoms in total.